The Kier molecular flexibility index (Phi) is 14.1. The second kappa shape index (κ2) is 18.0. The van der Waals surface area contributed by atoms with Crippen LogP contribution in [0.3, 0.4) is 0 Å². The zero-order chi connectivity index (χ0) is 32.8. The average molecular weight is 647 g/mol. The van der Waals surface area contributed by atoms with Gasteiger partial charge in [-0.25, -0.2) is 9.78 Å². The molecule has 10 N–H and O–H groups in total. The molecule has 0 radical (unpaired) electrons. The van der Waals surface area contributed by atoms with Crippen molar-refractivity contribution in [1.29, 1.82) is 0 Å². The summed E-state index contributed by atoms with van der Waals surface area (Å²) in [7, 11) is 0. The number of thiol groups is 1. The highest BCUT2D eigenvalue weighted by atomic mass is 32.1. The Bertz CT molecular complexity index is 1270. The van der Waals surface area contributed by atoms with Crippen LogP contribution in [-0.2, 0) is 36.8 Å². The lowest BCUT2D eigenvalue weighted by Crippen LogP contribution is -2.59. The molecule has 1 saturated heterocycles. The van der Waals surface area contributed by atoms with Gasteiger partial charge < -0.3 is 47.5 Å². The summed E-state index contributed by atoms with van der Waals surface area (Å²) in [6, 6.07) is 1.04. The fourth-order valence-corrected chi connectivity index (χ4v) is 5.10. The van der Waals surface area contributed by atoms with Gasteiger partial charge in [0.05, 0.1) is 18.1 Å². The number of benzene rings is 1. The molecule has 2 heterocycles. The van der Waals surface area contributed by atoms with Gasteiger partial charge in [0.25, 0.3) is 0 Å². The number of nitrogens with one attached hydrogen (secondary N) is 6. The summed E-state index contributed by atoms with van der Waals surface area (Å²) < 4.78 is 0. The molecular formula is C29H42N8O7S. The Balaban J connectivity index is 1.73. The molecule has 4 amide bonds. The first-order chi connectivity index (χ1) is 21.6. The molecule has 0 bridgehead atoms. The number of nitrogens with two attached hydrogens (primary N) is 1. The number of carboxylic acids is 1. The number of phenolic OH excluding ortho intramolecular Hbond substituents is 1. The molecule has 2 aromatic rings. The summed E-state index contributed by atoms with van der Waals surface area (Å²) in [4.78, 5) is 71.7. The molecule has 0 spiro atoms. The van der Waals surface area contributed by atoms with Crippen molar-refractivity contribution in [1.82, 2.24) is 36.6 Å². The first-order valence-corrected chi connectivity index (χ1v) is 15.5. The van der Waals surface area contributed by atoms with E-state index in [1.54, 1.807) is 12.1 Å². The first kappa shape index (κ1) is 35.3. The Morgan fingerprint density at radius 3 is 2.16 bits per heavy atom. The second-order valence-electron chi connectivity index (χ2n) is 10.8. The Morgan fingerprint density at radius 1 is 0.933 bits per heavy atom. The number of unbranched alkanes of at least 4 members (excludes halogenated alkanes) is 1. The van der Waals surface area contributed by atoms with Gasteiger partial charge in [0.1, 0.15) is 29.9 Å². The molecule has 15 nitrogen and oxygen atoms in total. The van der Waals surface area contributed by atoms with E-state index in [9.17, 15) is 34.2 Å². The number of rotatable bonds is 18. The standard InChI is InChI=1S/C29H42N8O7S/c30-10-2-1-4-21(29(43)44)34-27(41)23(13-18-14-31-16-33-18)36-28(42)24(15-45)37-26(40)22(12-17-6-8-19(38)9-7-17)35-25(39)20-5-3-11-32-20/h6-9,14,16,20-24,32,38,45H,1-5,10-13,15,30H2,(H,31,33)(H,34,41)(H,35,39)(H,36,42)(H,37,40)(H,43,44)/t20-,21-,22-,23-,24-/m0/s1. The van der Waals surface area contributed by atoms with Crippen molar-refractivity contribution >= 4 is 42.2 Å². The summed E-state index contributed by atoms with van der Waals surface area (Å²) in [5, 5.41) is 32.8. The maximum Gasteiger partial charge on any atom is 0.326 e. The van der Waals surface area contributed by atoms with Gasteiger partial charge in [0.2, 0.25) is 23.6 Å². The smallest absolute Gasteiger partial charge is 0.326 e. The number of carbonyl (C=O) groups excluding carboxylic acids is 4. The number of phenols is 1. The number of hydrogen-bond donors (Lipinski definition) is 10. The minimum atomic E-state index is -1.22. The lowest BCUT2D eigenvalue weighted by Gasteiger charge is -2.26. The van der Waals surface area contributed by atoms with Gasteiger partial charge in [-0.3, -0.25) is 19.2 Å². The number of aromatic hydroxyl groups is 1. The number of nitrogens with zero attached hydrogens (tertiary/aromatic N) is 1. The predicted molar refractivity (Wildman–Crippen MR) is 167 cm³/mol. The minimum absolute atomic E-state index is 0.0458. The molecule has 0 unspecified atom stereocenters. The molecule has 3 rings (SSSR count). The van der Waals surface area contributed by atoms with E-state index in [4.69, 9.17) is 5.73 Å². The maximum absolute atomic E-state index is 13.5. The highest BCUT2D eigenvalue weighted by Gasteiger charge is 2.32. The van der Waals surface area contributed by atoms with Crippen molar-refractivity contribution in [2.75, 3.05) is 18.8 Å². The molecule has 1 aromatic heterocycles. The van der Waals surface area contributed by atoms with Crippen LogP contribution in [-0.4, -0.2) is 98.8 Å². The number of aromatic nitrogens is 2. The molecule has 0 aliphatic carbocycles. The lowest BCUT2D eigenvalue weighted by molar-refractivity contribution is -0.142. The fourth-order valence-electron chi connectivity index (χ4n) is 4.84. The van der Waals surface area contributed by atoms with Gasteiger partial charge in [0, 0.05) is 24.8 Å². The summed E-state index contributed by atoms with van der Waals surface area (Å²) in [5.41, 5.74) is 6.60. The molecular weight excluding hydrogens is 604 g/mol. The van der Waals surface area contributed by atoms with Crippen LogP contribution in [0.4, 0.5) is 0 Å². The highest BCUT2D eigenvalue weighted by Crippen LogP contribution is 2.13. The van der Waals surface area contributed by atoms with Crippen LogP contribution in [0.5, 0.6) is 5.75 Å². The van der Waals surface area contributed by atoms with E-state index in [1.807, 2.05) is 0 Å². The summed E-state index contributed by atoms with van der Waals surface area (Å²) in [6.07, 6.45) is 5.63. The minimum Gasteiger partial charge on any atom is -0.508 e. The van der Waals surface area contributed by atoms with Gasteiger partial charge in [0.15, 0.2) is 0 Å². The third-order valence-corrected chi connectivity index (χ3v) is 7.73. The van der Waals surface area contributed by atoms with E-state index in [1.165, 1.54) is 24.7 Å². The normalized spacial score (nSPS) is 17.0. The molecule has 16 heteroatoms. The number of carboxylic acid groups (broad SMARTS) is 1. The first-order valence-electron chi connectivity index (χ1n) is 14.9. The molecule has 1 aliphatic rings. The molecule has 0 saturated carbocycles. The van der Waals surface area contributed by atoms with Crippen LogP contribution >= 0.6 is 12.6 Å². The summed E-state index contributed by atoms with van der Waals surface area (Å²) in [5.74, 6) is -3.80. The number of aliphatic carboxylic acids is 1. The van der Waals surface area contributed by atoms with Gasteiger partial charge in [-0.15, -0.1) is 0 Å². The van der Waals surface area contributed by atoms with E-state index in [2.05, 4.69) is 49.2 Å². The Morgan fingerprint density at radius 2 is 1.58 bits per heavy atom. The Hall–Kier alpha value is -4.15. The highest BCUT2D eigenvalue weighted by molar-refractivity contribution is 7.80. The van der Waals surface area contributed by atoms with Crippen molar-refractivity contribution in [3.8, 4) is 5.75 Å². The number of H-pyrrole nitrogens is 1. The summed E-state index contributed by atoms with van der Waals surface area (Å²) in [6.45, 7) is 1.06. The van der Waals surface area contributed by atoms with Crippen LogP contribution in [0.25, 0.3) is 0 Å². The van der Waals surface area contributed by atoms with E-state index in [-0.39, 0.29) is 36.7 Å². The molecule has 246 valence electrons. The largest absolute Gasteiger partial charge is 0.508 e. The number of amides is 4. The van der Waals surface area contributed by atoms with Crippen LogP contribution in [0, 0.1) is 0 Å². The number of hydrogen-bond acceptors (Lipinski definition) is 10. The van der Waals surface area contributed by atoms with Gasteiger partial charge >= 0.3 is 5.97 Å². The quantitative estimate of drug-likeness (QED) is 0.0681. The van der Waals surface area contributed by atoms with Gasteiger partial charge in [-0.2, -0.15) is 12.6 Å². The van der Waals surface area contributed by atoms with Crippen molar-refractivity contribution < 1.29 is 34.2 Å². The molecule has 45 heavy (non-hydrogen) atoms. The SMILES string of the molecule is NCCCC[C@H](NC(=O)[C@H](Cc1c[nH]cn1)NC(=O)[C@H](CS)NC(=O)[C@H](Cc1ccc(O)cc1)NC(=O)[C@@H]1CCCN1)C(=O)O. The molecule has 1 aromatic carbocycles. The molecule has 1 aliphatic heterocycles. The van der Waals surface area contributed by atoms with E-state index in [0.717, 1.165) is 6.42 Å². The van der Waals surface area contributed by atoms with Crippen LogP contribution in [0.2, 0.25) is 0 Å². The van der Waals surface area contributed by atoms with Gasteiger partial charge in [-0.1, -0.05) is 12.1 Å². The van der Waals surface area contributed by atoms with Gasteiger partial charge in [-0.05, 0) is 62.9 Å². The Labute approximate surface area is 266 Å². The fraction of sp³-hybridized carbons (Fsp3) is 0.517. The van der Waals surface area contributed by atoms with E-state index in [0.29, 0.717) is 43.6 Å². The third kappa shape index (κ3) is 11.4. The van der Waals surface area contributed by atoms with Crippen molar-refractivity contribution in [3.05, 3.63) is 48.0 Å². The molecule has 1 fully saturated rings. The maximum atomic E-state index is 13.5. The van der Waals surface area contributed by atoms with Crippen LogP contribution in [0.1, 0.15) is 43.4 Å². The zero-order valence-corrected chi connectivity index (χ0v) is 25.7. The van der Waals surface area contributed by atoms with Crippen molar-refractivity contribution in [3.63, 3.8) is 0 Å². The number of imidazole rings is 1. The van der Waals surface area contributed by atoms with E-state index < -0.39 is 53.9 Å². The average Bonchev–Trinajstić information content (AvgIpc) is 3.74. The van der Waals surface area contributed by atoms with Crippen molar-refractivity contribution in [2.24, 2.45) is 5.73 Å². The topological polar surface area (TPSA) is 241 Å². The second-order valence-corrected chi connectivity index (χ2v) is 11.2. The third-order valence-electron chi connectivity index (χ3n) is 7.36. The van der Waals surface area contributed by atoms with Crippen LogP contribution in [0.15, 0.2) is 36.8 Å². The van der Waals surface area contributed by atoms with Crippen molar-refractivity contribution in [2.45, 2.75) is 75.2 Å². The number of aromatic amines is 1. The lowest BCUT2D eigenvalue weighted by atomic mass is 10.0. The van der Waals surface area contributed by atoms with Crippen LogP contribution < -0.4 is 32.3 Å². The van der Waals surface area contributed by atoms with E-state index >= 15 is 0 Å². The predicted octanol–water partition coefficient (Wildman–Crippen LogP) is -1.26. The number of carbonyl (C=O) groups is 5. The zero-order valence-electron chi connectivity index (χ0n) is 24.8. The molecule has 5 atom stereocenters. The monoisotopic (exact) mass is 646 g/mol. The summed E-state index contributed by atoms with van der Waals surface area (Å²) >= 11 is 4.24.